The van der Waals surface area contributed by atoms with Crippen molar-refractivity contribution in [2.75, 3.05) is 45.1 Å². The molecule has 1 saturated heterocycles. The molecule has 1 fully saturated rings. The number of nitrogens with one attached hydrogen (secondary N) is 1. The van der Waals surface area contributed by atoms with Crippen LogP contribution in [-0.2, 0) is 16.6 Å². The number of benzene rings is 3. The van der Waals surface area contributed by atoms with E-state index in [-0.39, 0.29) is 10.8 Å². The third-order valence-electron chi connectivity index (χ3n) is 6.75. The summed E-state index contributed by atoms with van der Waals surface area (Å²) in [6, 6.07) is 21.0. The highest BCUT2D eigenvalue weighted by atomic mass is 32.2. The number of sulfonamides is 1. The molecule has 0 radical (unpaired) electrons. The summed E-state index contributed by atoms with van der Waals surface area (Å²) in [5.41, 5.74) is 2.38. The maximum Gasteiger partial charge on any atom is 0.264 e. The van der Waals surface area contributed by atoms with Crippen LogP contribution < -0.4 is 14.2 Å². The second kappa shape index (κ2) is 11.3. The van der Waals surface area contributed by atoms with Gasteiger partial charge < -0.3 is 14.4 Å². The predicted molar refractivity (Wildman–Crippen MR) is 150 cm³/mol. The monoisotopic (exact) mass is 546 g/mol. The minimum Gasteiger partial charge on any atom is -0.497 e. The molecule has 0 unspecified atom stereocenters. The van der Waals surface area contributed by atoms with E-state index in [1.54, 1.807) is 56.8 Å². The maximum atomic E-state index is 13.1. The average Bonchev–Trinajstić information content (AvgIpc) is 2.97. The van der Waals surface area contributed by atoms with Crippen LogP contribution in [0.5, 0.6) is 11.5 Å². The fourth-order valence-corrected chi connectivity index (χ4v) is 5.93. The number of ether oxygens (including phenoxy) is 2. The van der Waals surface area contributed by atoms with Crippen LogP contribution in [0.25, 0.3) is 10.9 Å². The number of rotatable bonds is 8. The van der Waals surface area contributed by atoms with Crippen LogP contribution in [0.1, 0.15) is 15.9 Å². The highest BCUT2D eigenvalue weighted by molar-refractivity contribution is 7.93. The molecule has 2 heterocycles. The summed E-state index contributed by atoms with van der Waals surface area (Å²) in [4.78, 5) is 21.6. The molecule has 1 aliphatic heterocycles. The second-order valence-corrected chi connectivity index (χ2v) is 11.0. The minimum atomic E-state index is -3.86. The van der Waals surface area contributed by atoms with Crippen molar-refractivity contribution in [2.24, 2.45) is 0 Å². The lowest BCUT2D eigenvalue weighted by Gasteiger charge is -2.35. The zero-order valence-electron chi connectivity index (χ0n) is 21.8. The molecule has 1 N–H and O–H groups in total. The van der Waals surface area contributed by atoms with Gasteiger partial charge in [-0.25, -0.2) is 8.42 Å². The van der Waals surface area contributed by atoms with E-state index in [2.05, 4.69) is 14.6 Å². The lowest BCUT2D eigenvalue weighted by Crippen LogP contribution is -2.48. The van der Waals surface area contributed by atoms with Gasteiger partial charge in [0, 0.05) is 61.6 Å². The number of para-hydroxylation sites is 1. The Kier molecular flexibility index (Phi) is 7.67. The standard InChI is InChI=1S/C29H30N4O5S/c1-37-25-17-21(18-26(19-25)38-2)20-32-13-15-33(16-14-32)29(34)23-8-10-24(11-9-23)31-39(35,36)27-7-3-5-22-6-4-12-30-28(22)27/h3-12,17-19,31H,13-16,20H2,1-2H3. The normalized spacial score (nSPS) is 14.3. The first kappa shape index (κ1) is 26.5. The van der Waals surface area contributed by atoms with Crippen molar-refractivity contribution in [3.8, 4) is 11.5 Å². The Labute approximate surface area is 228 Å². The Hall–Kier alpha value is -4.15. The SMILES string of the molecule is COc1cc(CN2CCN(C(=O)c3ccc(NS(=O)(=O)c4cccc5cccnc45)cc3)CC2)cc(OC)c1. The molecular weight excluding hydrogens is 516 g/mol. The molecule has 39 heavy (non-hydrogen) atoms. The molecule has 4 aromatic rings. The Morgan fingerprint density at radius 1 is 0.897 bits per heavy atom. The van der Waals surface area contributed by atoms with Gasteiger partial charge in [0.15, 0.2) is 0 Å². The van der Waals surface area contributed by atoms with E-state index in [0.29, 0.717) is 29.9 Å². The highest BCUT2D eigenvalue weighted by Crippen LogP contribution is 2.25. The molecule has 0 aliphatic carbocycles. The van der Waals surface area contributed by atoms with Crippen LogP contribution in [0, 0.1) is 0 Å². The number of piperazine rings is 1. The Morgan fingerprint density at radius 2 is 1.56 bits per heavy atom. The number of carbonyl (C=O) groups is 1. The van der Waals surface area contributed by atoms with Crippen molar-refractivity contribution < 1.29 is 22.7 Å². The molecule has 0 atom stereocenters. The van der Waals surface area contributed by atoms with Crippen LogP contribution >= 0.6 is 0 Å². The third kappa shape index (κ3) is 5.97. The fraction of sp³-hybridized carbons (Fsp3) is 0.241. The molecule has 0 spiro atoms. The molecule has 10 heteroatoms. The zero-order chi connectivity index (χ0) is 27.4. The van der Waals surface area contributed by atoms with Gasteiger partial charge in [0.1, 0.15) is 16.4 Å². The van der Waals surface area contributed by atoms with Gasteiger partial charge >= 0.3 is 0 Å². The zero-order valence-corrected chi connectivity index (χ0v) is 22.6. The average molecular weight is 547 g/mol. The summed E-state index contributed by atoms with van der Waals surface area (Å²) in [5, 5.41) is 0.740. The van der Waals surface area contributed by atoms with Crippen LogP contribution in [0.15, 0.2) is 83.9 Å². The van der Waals surface area contributed by atoms with Crippen molar-refractivity contribution in [1.29, 1.82) is 0 Å². The van der Waals surface area contributed by atoms with Gasteiger partial charge in [0.05, 0.1) is 19.7 Å². The van der Waals surface area contributed by atoms with Gasteiger partial charge in [-0.05, 0) is 54.1 Å². The summed E-state index contributed by atoms with van der Waals surface area (Å²) in [6.07, 6.45) is 1.57. The number of pyridine rings is 1. The molecule has 1 amide bonds. The van der Waals surface area contributed by atoms with E-state index in [1.165, 1.54) is 6.07 Å². The van der Waals surface area contributed by atoms with Gasteiger partial charge in [0.25, 0.3) is 15.9 Å². The van der Waals surface area contributed by atoms with Gasteiger partial charge in [-0.1, -0.05) is 18.2 Å². The van der Waals surface area contributed by atoms with E-state index in [9.17, 15) is 13.2 Å². The fourth-order valence-electron chi connectivity index (χ4n) is 4.69. The molecule has 1 aliphatic rings. The topological polar surface area (TPSA) is 101 Å². The molecule has 5 rings (SSSR count). The number of aromatic nitrogens is 1. The molecular formula is C29H30N4O5S. The summed E-state index contributed by atoms with van der Waals surface area (Å²) >= 11 is 0. The molecule has 202 valence electrons. The maximum absolute atomic E-state index is 13.1. The van der Waals surface area contributed by atoms with Crippen LogP contribution in [0.3, 0.4) is 0 Å². The van der Waals surface area contributed by atoms with Gasteiger partial charge in [-0.3, -0.25) is 19.4 Å². The molecule has 1 aromatic heterocycles. The largest absolute Gasteiger partial charge is 0.497 e. The van der Waals surface area contributed by atoms with Crippen molar-refractivity contribution in [3.63, 3.8) is 0 Å². The van der Waals surface area contributed by atoms with Crippen molar-refractivity contribution in [3.05, 3.63) is 90.1 Å². The Balaban J connectivity index is 1.20. The number of methoxy groups -OCH3 is 2. The molecule has 3 aromatic carbocycles. The van der Waals surface area contributed by atoms with E-state index in [1.807, 2.05) is 35.2 Å². The smallest absolute Gasteiger partial charge is 0.264 e. The second-order valence-electron chi connectivity index (χ2n) is 9.30. The van der Waals surface area contributed by atoms with Gasteiger partial charge in [-0.15, -0.1) is 0 Å². The first-order valence-corrected chi connectivity index (χ1v) is 14.0. The lowest BCUT2D eigenvalue weighted by molar-refractivity contribution is 0.0628. The summed E-state index contributed by atoms with van der Waals surface area (Å²) in [6.45, 7) is 3.41. The first-order valence-electron chi connectivity index (χ1n) is 12.6. The van der Waals surface area contributed by atoms with Crippen LogP contribution in [0.4, 0.5) is 5.69 Å². The molecule has 9 nitrogen and oxygen atoms in total. The van der Waals surface area contributed by atoms with E-state index >= 15 is 0 Å². The number of nitrogens with zero attached hydrogens (tertiary/aromatic N) is 3. The highest BCUT2D eigenvalue weighted by Gasteiger charge is 2.23. The number of hydrogen-bond acceptors (Lipinski definition) is 7. The third-order valence-corrected chi connectivity index (χ3v) is 8.16. The van der Waals surface area contributed by atoms with Crippen molar-refractivity contribution >= 4 is 32.5 Å². The number of carbonyl (C=O) groups excluding carboxylic acids is 1. The Bertz CT molecular complexity index is 1560. The molecule has 0 bridgehead atoms. The van der Waals surface area contributed by atoms with E-state index < -0.39 is 10.0 Å². The minimum absolute atomic E-state index is 0.0784. The lowest BCUT2D eigenvalue weighted by atomic mass is 10.1. The van der Waals surface area contributed by atoms with Crippen LogP contribution in [-0.4, -0.2) is 69.5 Å². The first-order chi connectivity index (χ1) is 18.9. The summed E-state index contributed by atoms with van der Waals surface area (Å²) in [7, 11) is -0.600. The summed E-state index contributed by atoms with van der Waals surface area (Å²) in [5.74, 6) is 1.42. The summed E-state index contributed by atoms with van der Waals surface area (Å²) < 4.78 is 39.5. The van der Waals surface area contributed by atoms with Crippen molar-refractivity contribution in [1.82, 2.24) is 14.8 Å². The molecule has 0 saturated carbocycles. The van der Waals surface area contributed by atoms with Crippen LogP contribution in [0.2, 0.25) is 0 Å². The number of anilines is 1. The number of hydrogen-bond donors (Lipinski definition) is 1. The van der Waals surface area contributed by atoms with E-state index in [0.717, 1.165) is 42.1 Å². The van der Waals surface area contributed by atoms with Crippen molar-refractivity contribution in [2.45, 2.75) is 11.4 Å². The number of fused-ring (bicyclic) bond motifs is 1. The predicted octanol–water partition coefficient (Wildman–Crippen LogP) is 4.01. The number of amides is 1. The Morgan fingerprint density at radius 3 is 2.23 bits per heavy atom. The van der Waals surface area contributed by atoms with Gasteiger partial charge in [0.2, 0.25) is 0 Å². The van der Waals surface area contributed by atoms with Gasteiger partial charge in [-0.2, -0.15) is 0 Å². The van der Waals surface area contributed by atoms with E-state index in [4.69, 9.17) is 9.47 Å². The quantitative estimate of drug-likeness (QED) is 0.356.